The number of rotatable bonds is 5. The summed E-state index contributed by atoms with van der Waals surface area (Å²) in [7, 11) is -4.04. The van der Waals surface area contributed by atoms with Gasteiger partial charge in [-0.25, -0.2) is 0 Å². The SMILES string of the molecule is Cc1cc(C)c([Si](O)(O)c2ccccc2C(=O)N(C(C)C)C(C)C)c(C)c1. The monoisotopic (exact) mass is 385 g/mol. The Hall–Kier alpha value is -1.95. The maximum atomic E-state index is 13.3. The molecule has 27 heavy (non-hydrogen) atoms. The molecule has 0 unspecified atom stereocenters. The van der Waals surface area contributed by atoms with Gasteiger partial charge in [-0.3, -0.25) is 4.79 Å². The van der Waals surface area contributed by atoms with Crippen LogP contribution in [0.2, 0.25) is 0 Å². The lowest BCUT2D eigenvalue weighted by molar-refractivity contribution is 0.0644. The molecular formula is C22H31NO3Si. The zero-order chi connectivity index (χ0) is 20.5. The lowest BCUT2D eigenvalue weighted by Crippen LogP contribution is -2.63. The summed E-state index contributed by atoms with van der Waals surface area (Å²) in [5.74, 6) is -0.169. The van der Waals surface area contributed by atoms with E-state index in [1.54, 1.807) is 29.2 Å². The van der Waals surface area contributed by atoms with Gasteiger partial charge in [-0.15, -0.1) is 0 Å². The maximum Gasteiger partial charge on any atom is 0.403 e. The van der Waals surface area contributed by atoms with Crippen LogP contribution in [0.1, 0.15) is 54.7 Å². The van der Waals surface area contributed by atoms with E-state index in [-0.39, 0.29) is 18.0 Å². The number of carbonyl (C=O) groups is 1. The third kappa shape index (κ3) is 4.15. The lowest BCUT2D eigenvalue weighted by Gasteiger charge is -2.33. The molecule has 0 bridgehead atoms. The standard InChI is InChI=1S/C22H31NO3Si/c1-14(2)23(15(3)4)22(24)19-10-8-9-11-20(19)27(25,26)21-17(6)12-16(5)13-18(21)7/h8-15,25-26H,1-7H3. The van der Waals surface area contributed by atoms with Crippen LogP contribution >= 0.6 is 0 Å². The number of benzene rings is 2. The summed E-state index contributed by atoms with van der Waals surface area (Å²) >= 11 is 0. The van der Waals surface area contributed by atoms with Crippen LogP contribution in [0.3, 0.4) is 0 Å². The van der Waals surface area contributed by atoms with Gasteiger partial charge in [0, 0.05) is 28.0 Å². The lowest BCUT2D eigenvalue weighted by atomic mass is 10.1. The molecule has 0 atom stereocenters. The van der Waals surface area contributed by atoms with Gasteiger partial charge in [-0.2, -0.15) is 0 Å². The fourth-order valence-electron chi connectivity index (χ4n) is 4.04. The predicted molar refractivity (Wildman–Crippen MR) is 113 cm³/mol. The van der Waals surface area contributed by atoms with Gasteiger partial charge in [0.2, 0.25) is 0 Å². The van der Waals surface area contributed by atoms with Crippen LogP contribution < -0.4 is 10.4 Å². The van der Waals surface area contributed by atoms with Crippen LogP contribution in [0.25, 0.3) is 0 Å². The van der Waals surface area contributed by atoms with Gasteiger partial charge in [0.15, 0.2) is 0 Å². The summed E-state index contributed by atoms with van der Waals surface area (Å²) in [6.45, 7) is 13.6. The summed E-state index contributed by atoms with van der Waals surface area (Å²) < 4.78 is 0. The van der Waals surface area contributed by atoms with Gasteiger partial charge >= 0.3 is 8.56 Å². The minimum absolute atomic E-state index is 0.0156. The molecule has 0 radical (unpaired) electrons. The van der Waals surface area contributed by atoms with E-state index in [2.05, 4.69) is 0 Å². The Balaban J connectivity index is 2.66. The Kier molecular flexibility index (Phi) is 6.30. The van der Waals surface area contributed by atoms with E-state index in [0.29, 0.717) is 15.9 Å². The molecule has 2 rings (SSSR count). The van der Waals surface area contributed by atoms with E-state index in [0.717, 1.165) is 16.7 Å². The molecule has 0 fully saturated rings. The van der Waals surface area contributed by atoms with Crippen molar-refractivity contribution in [3.05, 3.63) is 58.7 Å². The first-order valence-corrected chi connectivity index (χ1v) is 11.3. The molecule has 1 amide bonds. The minimum Gasteiger partial charge on any atom is -0.404 e. The fraction of sp³-hybridized carbons (Fsp3) is 0.409. The van der Waals surface area contributed by atoms with Crippen molar-refractivity contribution in [1.82, 2.24) is 4.90 Å². The maximum absolute atomic E-state index is 13.3. The van der Waals surface area contributed by atoms with Crippen LogP contribution in [-0.2, 0) is 0 Å². The van der Waals surface area contributed by atoms with Gasteiger partial charge in [-0.05, 0) is 65.7 Å². The van der Waals surface area contributed by atoms with Crippen LogP contribution in [0.5, 0.6) is 0 Å². The summed E-state index contributed by atoms with van der Waals surface area (Å²) in [6.07, 6.45) is 0. The predicted octanol–water partition coefficient (Wildman–Crippen LogP) is 2.41. The van der Waals surface area contributed by atoms with Gasteiger partial charge in [0.1, 0.15) is 0 Å². The average molecular weight is 386 g/mol. The molecule has 2 N–H and O–H groups in total. The van der Waals surface area contributed by atoms with Crippen molar-refractivity contribution in [2.45, 2.75) is 60.5 Å². The number of hydrogen-bond donors (Lipinski definition) is 2. The molecule has 0 aliphatic carbocycles. The molecular weight excluding hydrogens is 354 g/mol. The van der Waals surface area contributed by atoms with E-state index in [4.69, 9.17) is 0 Å². The highest BCUT2D eigenvalue weighted by molar-refractivity contribution is 6.91. The third-order valence-corrected chi connectivity index (χ3v) is 7.58. The van der Waals surface area contributed by atoms with E-state index in [1.807, 2.05) is 60.6 Å². The highest BCUT2D eigenvalue weighted by Gasteiger charge is 2.41. The van der Waals surface area contributed by atoms with Crippen molar-refractivity contribution < 1.29 is 14.4 Å². The first-order chi connectivity index (χ1) is 12.5. The highest BCUT2D eigenvalue weighted by atomic mass is 28.4. The van der Waals surface area contributed by atoms with Gasteiger partial charge in [-0.1, -0.05) is 35.9 Å². The molecule has 4 nitrogen and oxygen atoms in total. The van der Waals surface area contributed by atoms with Crippen molar-refractivity contribution in [1.29, 1.82) is 0 Å². The Labute approximate surface area is 163 Å². The third-order valence-electron chi connectivity index (χ3n) is 4.91. The topological polar surface area (TPSA) is 60.8 Å². The number of aryl methyl sites for hydroxylation is 3. The Morgan fingerprint density at radius 1 is 0.926 bits per heavy atom. The zero-order valence-corrected chi connectivity index (χ0v) is 18.4. The second-order valence-electron chi connectivity index (χ2n) is 7.89. The van der Waals surface area contributed by atoms with Gasteiger partial charge < -0.3 is 14.5 Å². The molecule has 146 valence electrons. The normalized spacial score (nSPS) is 12.0. The summed E-state index contributed by atoms with van der Waals surface area (Å²) in [5.41, 5.74) is 3.14. The Morgan fingerprint density at radius 2 is 1.41 bits per heavy atom. The van der Waals surface area contributed by atoms with Gasteiger partial charge in [0.05, 0.1) is 0 Å². The average Bonchev–Trinajstić information content (AvgIpc) is 2.52. The Bertz CT molecular complexity index is 812. The molecule has 2 aromatic carbocycles. The second kappa shape index (κ2) is 7.96. The molecule has 0 aliphatic rings. The minimum atomic E-state index is -4.04. The number of amides is 1. The smallest absolute Gasteiger partial charge is 0.403 e. The largest absolute Gasteiger partial charge is 0.404 e. The number of hydrogen-bond acceptors (Lipinski definition) is 3. The van der Waals surface area contributed by atoms with Crippen molar-refractivity contribution in [2.75, 3.05) is 0 Å². The van der Waals surface area contributed by atoms with Crippen molar-refractivity contribution in [3.8, 4) is 0 Å². The molecule has 0 saturated carbocycles. The van der Waals surface area contributed by atoms with Crippen LogP contribution in [0.15, 0.2) is 36.4 Å². The van der Waals surface area contributed by atoms with Crippen molar-refractivity contribution >= 4 is 24.8 Å². The van der Waals surface area contributed by atoms with E-state index >= 15 is 0 Å². The van der Waals surface area contributed by atoms with Crippen molar-refractivity contribution in [2.24, 2.45) is 0 Å². The van der Waals surface area contributed by atoms with Gasteiger partial charge in [0.25, 0.3) is 5.91 Å². The van der Waals surface area contributed by atoms with Crippen LogP contribution in [-0.4, -0.2) is 41.0 Å². The van der Waals surface area contributed by atoms with Crippen LogP contribution in [0.4, 0.5) is 0 Å². The Morgan fingerprint density at radius 3 is 1.89 bits per heavy atom. The first kappa shape index (κ1) is 21.3. The first-order valence-electron chi connectivity index (χ1n) is 9.43. The summed E-state index contributed by atoms with van der Waals surface area (Å²) in [5, 5.41) is 0.908. The highest BCUT2D eigenvalue weighted by Crippen LogP contribution is 2.16. The molecule has 2 aromatic rings. The number of nitrogens with zero attached hydrogens (tertiary/aromatic N) is 1. The van der Waals surface area contributed by atoms with E-state index in [9.17, 15) is 14.4 Å². The summed E-state index contributed by atoms with van der Waals surface area (Å²) in [4.78, 5) is 37.7. The molecule has 5 heteroatoms. The second-order valence-corrected chi connectivity index (χ2v) is 10.3. The molecule has 0 spiro atoms. The molecule has 0 aromatic heterocycles. The zero-order valence-electron chi connectivity index (χ0n) is 17.4. The number of carbonyl (C=O) groups excluding carboxylic acids is 1. The molecule has 0 saturated heterocycles. The van der Waals surface area contributed by atoms with Crippen LogP contribution in [0, 0.1) is 20.8 Å². The quantitative estimate of drug-likeness (QED) is 0.777. The van der Waals surface area contributed by atoms with Crippen molar-refractivity contribution in [3.63, 3.8) is 0 Å². The fourth-order valence-corrected chi connectivity index (χ4v) is 6.45. The van der Waals surface area contributed by atoms with E-state index < -0.39 is 8.56 Å². The van der Waals surface area contributed by atoms with E-state index in [1.165, 1.54) is 0 Å². The molecule has 0 heterocycles. The molecule has 0 aliphatic heterocycles. The summed E-state index contributed by atoms with van der Waals surface area (Å²) in [6, 6.07) is 10.8.